The van der Waals surface area contributed by atoms with E-state index in [1.807, 2.05) is 26.0 Å². The third-order valence-electron chi connectivity index (χ3n) is 6.43. The van der Waals surface area contributed by atoms with Gasteiger partial charge in [-0.2, -0.15) is 0 Å². The van der Waals surface area contributed by atoms with Crippen LogP contribution in [0.3, 0.4) is 0 Å². The maximum atomic E-state index is 13.0. The molecule has 0 unspecified atom stereocenters. The molecule has 216 valence electrons. The van der Waals surface area contributed by atoms with Gasteiger partial charge in [-0.15, -0.1) is 0 Å². The summed E-state index contributed by atoms with van der Waals surface area (Å²) in [6.45, 7) is 4.56. The number of fused-ring (bicyclic) bond motifs is 1. The second kappa shape index (κ2) is 13.5. The van der Waals surface area contributed by atoms with Gasteiger partial charge in [0, 0.05) is 23.9 Å². The highest BCUT2D eigenvalue weighted by Gasteiger charge is 2.19. The maximum absolute atomic E-state index is 13.0. The molecule has 0 saturated heterocycles. The first-order valence-corrected chi connectivity index (χ1v) is 14.8. The molecule has 0 aliphatic rings. The number of aryl methyl sites for hydroxylation is 2. The van der Waals surface area contributed by atoms with Crippen LogP contribution in [0.5, 0.6) is 23.0 Å². The number of aromatic hydroxyl groups is 1. The first kappa shape index (κ1) is 29.9. The molecule has 0 bridgehead atoms. The van der Waals surface area contributed by atoms with E-state index in [4.69, 9.17) is 14.6 Å². The Hall–Kier alpha value is -4.12. The van der Waals surface area contributed by atoms with E-state index in [2.05, 4.69) is 16.1 Å². The first-order chi connectivity index (χ1) is 19.7. The van der Waals surface area contributed by atoms with E-state index in [0.29, 0.717) is 41.8 Å². The number of hydrogen-bond donors (Lipinski definition) is 4. The molecule has 0 aliphatic heterocycles. The fraction of sp³-hybridized carbons (Fsp3) is 0.258. The number of phenols is 1. The molecule has 0 heterocycles. The van der Waals surface area contributed by atoms with Gasteiger partial charge in [-0.05, 0) is 68.7 Å². The monoisotopic (exact) mass is 578 g/mol. The standard InChI is InChI=1S/C31H34N2O7S/c1-21-9-14-28(22(2)19-21)39-18-6-5-15-32-31(36)27-20-29(25-7-3-4-8-26(25)30(27)35)40-23-10-12-24(13-11-23)41(37,38)33-16-17-34/h3-4,7-14,19-20,33-35H,5-6,15-18H2,1-2H3,(H,32,36). The number of nitrogens with one attached hydrogen (secondary N) is 2. The number of sulfonamides is 1. The minimum Gasteiger partial charge on any atom is -0.506 e. The molecule has 10 heteroatoms. The molecule has 4 rings (SSSR count). The van der Waals surface area contributed by atoms with Crippen LogP contribution in [0.4, 0.5) is 0 Å². The lowest BCUT2D eigenvalue weighted by atomic mass is 10.0. The second-order valence-electron chi connectivity index (χ2n) is 9.59. The van der Waals surface area contributed by atoms with E-state index >= 15 is 0 Å². The Kier molecular flexibility index (Phi) is 9.82. The lowest BCUT2D eigenvalue weighted by Gasteiger charge is -2.15. The van der Waals surface area contributed by atoms with Crippen LogP contribution in [0.2, 0.25) is 0 Å². The van der Waals surface area contributed by atoms with Crippen LogP contribution in [0.25, 0.3) is 10.8 Å². The van der Waals surface area contributed by atoms with Gasteiger partial charge in [-0.1, -0.05) is 42.0 Å². The van der Waals surface area contributed by atoms with E-state index in [1.165, 1.54) is 35.9 Å². The summed E-state index contributed by atoms with van der Waals surface area (Å²) < 4.78 is 38.7. The van der Waals surface area contributed by atoms with Crippen molar-refractivity contribution < 1.29 is 32.9 Å². The second-order valence-corrected chi connectivity index (χ2v) is 11.4. The van der Waals surface area contributed by atoms with E-state index in [0.717, 1.165) is 17.7 Å². The zero-order valence-electron chi connectivity index (χ0n) is 23.0. The van der Waals surface area contributed by atoms with Gasteiger partial charge in [-0.25, -0.2) is 13.1 Å². The summed E-state index contributed by atoms with van der Waals surface area (Å²) in [5, 5.41) is 23.7. The molecular formula is C31H34N2O7S. The van der Waals surface area contributed by atoms with Crippen LogP contribution < -0.4 is 19.5 Å². The molecule has 0 saturated carbocycles. The van der Waals surface area contributed by atoms with Crippen LogP contribution in [0.15, 0.2) is 77.7 Å². The Morgan fingerprint density at radius 1 is 0.878 bits per heavy atom. The van der Waals surface area contributed by atoms with Gasteiger partial charge < -0.3 is 25.0 Å². The molecule has 41 heavy (non-hydrogen) atoms. The number of carbonyl (C=O) groups excluding carboxylic acids is 1. The molecule has 4 aromatic rings. The highest BCUT2D eigenvalue weighted by molar-refractivity contribution is 7.89. The van der Waals surface area contributed by atoms with Crippen molar-refractivity contribution in [2.24, 2.45) is 0 Å². The van der Waals surface area contributed by atoms with Gasteiger partial charge in [0.05, 0.1) is 23.7 Å². The number of hydrogen-bond acceptors (Lipinski definition) is 7. The lowest BCUT2D eigenvalue weighted by Crippen LogP contribution is -2.26. The van der Waals surface area contributed by atoms with Crippen molar-refractivity contribution in [2.45, 2.75) is 31.6 Å². The fourth-order valence-electron chi connectivity index (χ4n) is 4.33. The van der Waals surface area contributed by atoms with Gasteiger partial charge in [0.1, 0.15) is 23.0 Å². The van der Waals surface area contributed by atoms with Crippen molar-refractivity contribution in [2.75, 3.05) is 26.3 Å². The van der Waals surface area contributed by atoms with E-state index in [1.54, 1.807) is 24.3 Å². The molecule has 4 N–H and O–H groups in total. The van der Waals surface area contributed by atoms with Crippen LogP contribution in [0, 0.1) is 13.8 Å². The summed E-state index contributed by atoms with van der Waals surface area (Å²) in [5.41, 5.74) is 2.33. The highest BCUT2D eigenvalue weighted by atomic mass is 32.2. The predicted octanol–water partition coefficient (Wildman–Crippen LogP) is 4.81. The number of phenolic OH excluding ortho intramolecular Hbond substituents is 1. The molecular weight excluding hydrogens is 544 g/mol. The SMILES string of the molecule is Cc1ccc(OCCCCNC(=O)c2cc(Oc3ccc(S(=O)(=O)NCCO)cc3)c3ccccc3c2O)c(C)c1. The normalized spacial score (nSPS) is 11.4. The molecule has 9 nitrogen and oxygen atoms in total. The number of aliphatic hydroxyl groups excluding tert-OH is 1. The minimum atomic E-state index is -3.76. The Morgan fingerprint density at radius 3 is 2.32 bits per heavy atom. The van der Waals surface area contributed by atoms with Crippen LogP contribution in [-0.4, -0.2) is 50.8 Å². The fourth-order valence-corrected chi connectivity index (χ4v) is 5.35. The summed E-state index contributed by atoms with van der Waals surface area (Å²) in [6, 6.07) is 20.3. The van der Waals surface area contributed by atoms with Crippen LogP contribution in [-0.2, 0) is 10.0 Å². The van der Waals surface area contributed by atoms with Crippen molar-refractivity contribution in [3.63, 3.8) is 0 Å². The quantitative estimate of drug-likeness (QED) is 0.167. The Bertz CT molecular complexity index is 1620. The summed E-state index contributed by atoms with van der Waals surface area (Å²) in [5.74, 6) is 0.935. The number of amides is 1. The third-order valence-corrected chi connectivity index (χ3v) is 7.91. The maximum Gasteiger partial charge on any atom is 0.255 e. The predicted molar refractivity (Wildman–Crippen MR) is 157 cm³/mol. The minimum absolute atomic E-state index is 0.0216. The van der Waals surface area contributed by atoms with E-state index in [9.17, 15) is 18.3 Å². The Labute approximate surface area is 239 Å². The van der Waals surface area contributed by atoms with E-state index in [-0.39, 0.29) is 29.4 Å². The smallest absolute Gasteiger partial charge is 0.255 e. The molecule has 0 spiro atoms. The third kappa shape index (κ3) is 7.55. The van der Waals surface area contributed by atoms with E-state index < -0.39 is 15.9 Å². The summed E-state index contributed by atoms with van der Waals surface area (Å²) in [6.07, 6.45) is 1.43. The Morgan fingerprint density at radius 2 is 1.61 bits per heavy atom. The number of benzene rings is 4. The summed E-state index contributed by atoms with van der Waals surface area (Å²) in [7, 11) is -3.76. The molecule has 0 atom stereocenters. The molecule has 0 aliphatic carbocycles. The van der Waals surface area contributed by atoms with Gasteiger partial charge in [0.15, 0.2) is 0 Å². The zero-order chi connectivity index (χ0) is 29.4. The van der Waals surface area contributed by atoms with Crippen molar-refractivity contribution in [3.05, 3.63) is 89.5 Å². The molecule has 0 radical (unpaired) electrons. The topological polar surface area (TPSA) is 134 Å². The van der Waals surface area contributed by atoms with Crippen LogP contribution in [0.1, 0.15) is 34.3 Å². The highest BCUT2D eigenvalue weighted by Crippen LogP contribution is 2.38. The molecule has 0 aromatic heterocycles. The molecule has 0 fully saturated rings. The number of aliphatic hydroxyl groups is 1. The number of unbranched alkanes of at least 4 members (excludes halogenated alkanes) is 1. The van der Waals surface area contributed by atoms with Gasteiger partial charge in [0.2, 0.25) is 10.0 Å². The van der Waals surface area contributed by atoms with Crippen molar-refractivity contribution in [3.8, 4) is 23.0 Å². The Balaban J connectivity index is 1.42. The molecule has 4 aromatic carbocycles. The van der Waals surface area contributed by atoms with Crippen LogP contribution >= 0.6 is 0 Å². The summed E-state index contributed by atoms with van der Waals surface area (Å²) >= 11 is 0. The number of ether oxygens (including phenoxy) is 2. The van der Waals surface area contributed by atoms with Gasteiger partial charge >= 0.3 is 0 Å². The van der Waals surface area contributed by atoms with Crippen molar-refractivity contribution in [1.29, 1.82) is 0 Å². The van der Waals surface area contributed by atoms with Crippen molar-refractivity contribution >= 4 is 26.7 Å². The molecule has 1 amide bonds. The van der Waals surface area contributed by atoms with Gasteiger partial charge in [-0.3, -0.25) is 4.79 Å². The summed E-state index contributed by atoms with van der Waals surface area (Å²) in [4.78, 5) is 13.1. The number of carbonyl (C=O) groups is 1. The largest absolute Gasteiger partial charge is 0.506 e. The lowest BCUT2D eigenvalue weighted by molar-refractivity contribution is 0.0949. The average molecular weight is 579 g/mol. The zero-order valence-corrected chi connectivity index (χ0v) is 23.8. The first-order valence-electron chi connectivity index (χ1n) is 13.3. The number of rotatable bonds is 13. The van der Waals surface area contributed by atoms with Crippen molar-refractivity contribution in [1.82, 2.24) is 10.0 Å². The average Bonchev–Trinajstić information content (AvgIpc) is 2.96. The van der Waals surface area contributed by atoms with Gasteiger partial charge in [0.25, 0.3) is 5.91 Å².